The molecule has 15 heteroatoms. The molecular weight excluding hydrogens is 518 g/mol. The summed E-state index contributed by atoms with van der Waals surface area (Å²) < 4.78 is 134. The molecule has 3 aromatic rings. The Morgan fingerprint density at radius 1 is 0.812 bits per heavy atom. The fraction of sp³-hybridized carbons (Fsp3) is 0.0588. The molecule has 4 nitrogen and oxygen atoms in total. The van der Waals surface area contributed by atoms with Crippen LogP contribution in [0.25, 0.3) is 5.69 Å². The summed E-state index contributed by atoms with van der Waals surface area (Å²) in [6, 6.07) is 0.121. The minimum atomic E-state index is -3.78. The second kappa shape index (κ2) is 8.82. The number of aromatic nitrogens is 2. The van der Waals surface area contributed by atoms with Crippen LogP contribution < -0.4 is 0 Å². The molecule has 0 saturated heterocycles. The van der Waals surface area contributed by atoms with Crippen molar-refractivity contribution in [3.63, 3.8) is 0 Å². The molecule has 32 heavy (non-hydrogen) atoms. The van der Waals surface area contributed by atoms with Crippen molar-refractivity contribution < 1.29 is 70.9 Å². The number of benzene rings is 2. The summed E-state index contributed by atoms with van der Waals surface area (Å²) in [5.74, 6) is -22.3. The van der Waals surface area contributed by atoms with Crippen LogP contribution in [0.5, 0.6) is 5.88 Å². The van der Waals surface area contributed by atoms with Gasteiger partial charge >= 0.3 is 0 Å². The number of ketones is 1. The van der Waals surface area contributed by atoms with E-state index in [-0.39, 0.29) is 29.2 Å². The van der Waals surface area contributed by atoms with Crippen LogP contribution in [0.1, 0.15) is 28.0 Å². The summed E-state index contributed by atoms with van der Waals surface area (Å²) in [6.07, 6.45) is -3.78. The molecule has 1 radical (unpaired) electrons. The largest absolute Gasteiger partial charge is 0.493 e. The van der Waals surface area contributed by atoms with E-state index in [0.29, 0.717) is 0 Å². The second-order valence-corrected chi connectivity index (χ2v) is 5.80. The van der Waals surface area contributed by atoms with Gasteiger partial charge in [-0.2, -0.15) is 9.78 Å². The monoisotopic (exact) mass is 521 g/mol. The van der Waals surface area contributed by atoms with E-state index in [0.717, 1.165) is 0 Å². The van der Waals surface area contributed by atoms with Gasteiger partial charge in [-0.3, -0.25) is 4.79 Å². The normalized spacial score (nSPS) is 11.1. The van der Waals surface area contributed by atoms with Crippen molar-refractivity contribution in [1.82, 2.24) is 9.78 Å². The molecule has 175 valence electrons. The Hall–Kier alpha value is -3.06. The van der Waals surface area contributed by atoms with Crippen LogP contribution in [0.3, 0.4) is 0 Å². The fourth-order valence-electron chi connectivity index (χ4n) is 2.56. The SMILES string of the molecule is O=C(c1cc(F)c(F)c(F)c1)c1c(C(F)F)nn(-c2c(F)c(F)c(F)c(F)c2F)c1O.[Cu]. The van der Waals surface area contributed by atoms with Crippen LogP contribution in [0, 0.1) is 46.5 Å². The number of halogens is 10. The van der Waals surface area contributed by atoms with E-state index in [2.05, 4.69) is 5.10 Å². The van der Waals surface area contributed by atoms with E-state index in [1.807, 2.05) is 0 Å². The molecule has 0 atom stereocenters. The van der Waals surface area contributed by atoms with Crippen molar-refractivity contribution in [1.29, 1.82) is 0 Å². The van der Waals surface area contributed by atoms with Gasteiger partial charge in [0.2, 0.25) is 17.5 Å². The Kier molecular flexibility index (Phi) is 6.95. The molecule has 0 aliphatic heterocycles. The quantitative estimate of drug-likeness (QED) is 0.175. The Morgan fingerprint density at radius 3 is 1.69 bits per heavy atom. The molecule has 1 N–H and O–H groups in total. The van der Waals surface area contributed by atoms with E-state index in [1.54, 1.807) is 0 Å². The fourth-order valence-corrected chi connectivity index (χ4v) is 2.56. The molecule has 0 amide bonds. The van der Waals surface area contributed by atoms with Gasteiger partial charge < -0.3 is 5.11 Å². The van der Waals surface area contributed by atoms with Gasteiger partial charge in [0.15, 0.2) is 40.7 Å². The summed E-state index contributed by atoms with van der Waals surface area (Å²) in [7, 11) is 0. The zero-order valence-corrected chi connectivity index (χ0v) is 15.5. The number of hydrogen-bond donors (Lipinski definition) is 1. The Morgan fingerprint density at radius 2 is 1.25 bits per heavy atom. The average Bonchev–Trinajstić information content (AvgIpc) is 3.05. The summed E-state index contributed by atoms with van der Waals surface area (Å²) in [6.45, 7) is 0. The smallest absolute Gasteiger partial charge is 0.283 e. The minimum Gasteiger partial charge on any atom is -0.493 e. The van der Waals surface area contributed by atoms with Crippen LogP contribution in [0.4, 0.5) is 43.9 Å². The third-order valence-electron chi connectivity index (χ3n) is 3.97. The predicted octanol–water partition coefficient (Wildman–Crippen LogP) is 4.86. The summed E-state index contributed by atoms with van der Waals surface area (Å²) in [5.41, 5.74) is -6.45. The molecule has 0 unspecified atom stereocenters. The van der Waals surface area contributed by atoms with Crippen LogP contribution >= 0.6 is 0 Å². The maximum atomic E-state index is 14.0. The zero-order valence-electron chi connectivity index (χ0n) is 14.6. The third kappa shape index (κ3) is 3.81. The number of aromatic hydroxyl groups is 1. The summed E-state index contributed by atoms with van der Waals surface area (Å²) in [4.78, 5) is 12.4. The first-order valence-corrected chi connectivity index (χ1v) is 7.69. The topological polar surface area (TPSA) is 55.1 Å². The minimum absolute atomic E-state index is 0. The summed E-state index contributed by atoms with van der Waals surface area (Å²) >= 11 is 0. The maximum Gasteiger partial charge on any atom is 0.283 e. The number of rotatable bonds is 4. The van der Waals surface area contributed by atoms with Crippen molar-refractivity contribution >= 4 is 5.78 Å². The van der Waals surface area contributed by atoms with Crippen LogP contribution in [-0.2, 0) is 17.1 Å². The van der Waals surface area contributed by atoms with Gasteiger partial charge in [0, 0.05) is 22.6 Å². The number of carbonyl (C=O) groups is 1. The van der Waals surface area contributed by atoms with E-state index < -0.39 is 91.8 Å². The van der Waals surface area contributed by atoms with Gasteiger partial charge in [-0.1, -0.05) is 0 Å². The summed E-state index contributed by atoms with van der Waals surface area (Å²) in [5, 5.41) is 12.9. The number of nitrogens with zero attached hydrogens (tertiary/aromatic N) is 2. The van der Waals surface area contributed by atoms with Crippen LogP contribution in [-0.4, -0.2) is 20.7 Å². The van der Waals surface area contributed by atoms with Gasteiger partial charge in [0.05, 0.1) is 0 Å². The van der Waals surface area contributed by atoms with E-state index in [4.69, 9.17) is 0 Å². The third-order valence-corrected chi connectivity index (χ3v) is 3.97. The van der Waals surface area contributed by atoms with Crippen molar-refractivity contribution in [3.05, 3.63) is 75.5 Å². The molecule has 3 rings (SSSR count). The molecule has 0 bridgehead atoms. The van der Waals surface area contributed by atoms with Gasteiger partial charge in [0.25, 0.3) is 6.43 Å². The van der Waals surface area contributed by atoms with Gasteiger partial charge in [-0.05, 0) is 12.1 Å². The second-order valence-electron chi connectivity index (χ2n) is 5.80. The molecule has 0 spiro atoms. The zero-order chi connectivity index (χ0) is 23.4. The number of hydrogen-bond acceptors (Lipinski definition) is 3. The maximum absolute atomic E-state index is 14.0. The Balaban J connectivity index is 0.00000363. The standard InChI is InChI=1S/C17H4F10N2O2.Cu/c18-4-1-3(2-5(19)7(4)20)15(30)6-13(16(26)27)28-29(17(6)31)14-11(24)9(22)8(21)10(23)12(14)25;/h1-2,16,31H;. The average molecular weight is 522 g/mol. The molecule has 0 saturated carbocycles. The number of carbonyl (C=O) groups excluding carboxylic acids is 1. The van der Waals surface area contributed by atoms with Crippen LogP contribution in [0.2, 0.25) is 0 Å². The van der Waals surface area contributed by atoms with E-state index in [1.165, 1.54) is 0 Å². The molecule has 1 heterocycles. The van der Waals surface area contributed by atoms with Crippen molar-refractivity contribution in [3.8, 4) is 11.6 Å². The van der Waals surface area contributed by atoms with E-state index >= 15 is 0 Å². The van der Waals surface area contributed by atoms with Crippen molar-refractivity contribution in [2.75, 3.05) is 0 Å². The molecular formula is C17H4CuF10N2O2. The van der Waals surface area contributed by atoms with Gasteiger partial charge in [-0.25, -0.2) is 43.9 Å². The first-order valence-electron chi connectivity index (χ1n) is 7.69. The number of alkyl halides is 2. The van der Waals surface area contributed by atoms with Gasteiger partial charge in [0.1, 0.15) is 16.9 Å². The Bertz CT molecular complexity index is 1190. The first-order chi connectivity index (χ1) is 14.4. The molecule has 1 aromatic heterocycles. The van der Waals surface area contributed by atoms with Crippen molar-refractivity contribution in [2.45, 2.75) is 6.43 Å². The van der Waals surface area contributed by atoms with Crippen molar-refractivity contribution in [2.24, 2.45) is 0 Å². The van der Waals surface area contributed by atoms with Crippen LogP contribution in [0.15, 0.2) is 12.1 Å². The van der Waals surface area contributed by atoms with E-state index in [9.17, 15) is 53.8 Å². The molecule has 0 fully saturated rings. The molecule has 0 aliphatic carbocycles. The Labute approximate surface area is 180 Å². The molecule has 0 aliphatic rings. The first kappa shape index (κ1) is 25.2. The van der Waals surface area contributed by atoms with Gasteiger partial charge in [-0.15, -0.1) is 0 Å². The molecule has 2 aromatic carbocycles. The predicted molar refractivity (Wildman–Crippen MR) is 79.7 cm³/mol.